The van der Waals surface area contributed by atoms with E-state index in [2.05, 4.69) is 0 Å². The Morgan fingerprint density at radius 3 is 2.12 bits per heavy atom. The van der Waals surface area contributed by atoms with Crippen molar-refractivity contribution in [1.29, 1.82) is 0 Å². The molecule has 0 aromatic carbocycles. The molecule has 0 unspecified atom stereocenters. The first-order valence-corrected chi connectivity index (χ1v) is 5.02. The van der Waals surface area contributed by atoms with Crippen LogP contribution < -0.4 is 0 Å². The van der Waals surface area contributed by atoms with Crippen LogP contribution in [0.2, 0.25) is 0 Å². The van der Waals surface area contributed by atoms with E-state index in [-0.39, 0.29) is 6.42 Å². The smallest absolute Gasteiger partial charge is 0.453 e. The van der Waals surface area contributed by atoms with E-state index in [1.807, 2.05) is 0 Å². The van der Waals surface area contributed by atoms with Gasteiger partial charge in [0.15, 0.2) is 0 Å². The summed E-state index contributed by atoms with van der Waals surface area (Å²) in [6.07, 6.45) is -2.95. The first kappa shape index (κ1) is 12.3. The van der Waals surface area contributed by atoms with E-state index in [0.29, 0.717) is 0 Å². The highest BCUT2D eigenvalue weighted by molar-refractivity contribution is 5.72. The number of hydrogen-bond acceptors (Lipinski definition) is 1. The van der Waals surface area contributed by atoms with Gasteiger partial charge in [-0.25, -0.2) is 0 Å². The molecule has 17 heavy (non-hydrogen) atoms. The van der Waals surface area contributed by atoms with Crippen LogP contribution in [0, 0.1) is 23.7 Å². The van der Waals surface area contributed by atoms with Crippen LogP contribution >= 0.6 is 0 Å². The number of alkyl halides is 5. The SMILES string of the molecule is O=C(O)[C@H]1[C@H](C(F)(F)C(F)(F)F)[C@H]2C=C[C@@H]1C2. The first-order chi connectivity index (χ1) is 7.66. The molecule has 2 aliphatic carbocycles. The fourth-order valence-electron chi connectivity index (χ4n) is 2.84. The van der Waals surface area contributed by atoms with Crippen molar-refractivity contribution >= 4 is 5.97 Å². The molecule has 0 radical (unpaired) electrons. The zero-order valence-corrected chi connectivity index (χ0v) is 8.42. The molecule has 0 saturated heterocycles. The molecule has 0 spiro atoms. The summed E-state index contributed by atoms with van der Waals surface area (Å²) in [6, 6.07) is 0. The van der Waals surface area contributed by atoms with Gasteiger partial charge in [0, 0.05) is 0 Å². The second-order valence-electron chi connectivity index (χ2n) is 4.46. The van der Waals surface area contributed by atoms with Crippen molar-refractivity contribution in [1.82, 2.24) is 0 Å². The van der Waals surface area contributed by atoms with Gasteiger partial charge in [0.2, 0.25) is 0 Å². The third-order valence-electron chi connectivity index (χ3n) is 3.54. The predicted molar refractivity (Wildman–Crippen MR) is 46.4 cm³/mol. The second kappa shape index (κ2) is 3.43. The van der Waals surface area contributed by atoms with Crippen LogP contribution in [0.3, 0.4) is 0 Å². The third kappa shape index (κ3) is 1.63. The summed E-state index contributed by atoms with van der Waals surface area (Å²) in [5.41, 5.74) is 0. The normalized spacial score (nSPS) is 36.5. The molecular weight excluding hydrogens is 247 g/mol. The molecule has 0 aromatic rings. The fourth-order valence-corrected chi connectivity index (χ4v) is 2.84. The highest BCUT2D eigenvalue weighted by Crippen LogP contribution is 2.57. The Labute approximate surface area is 93.1 Å². The van der Waals surface area contributed by atoms with Gasteiger partial charge in [-0.15, -0.1) is 0 Å². The van der Waals surface area contributed by atoms with Crippen LogP contribution in [0.1, 0.15) is 6.42 Å². The zero-order chi connectivity index (χ0) is 13.0. The van der Waals surface area contributed by atoms with Gasteiger partial charge in [-0.05, 0) is 18.3 Å². The van der Waals surface area contributed by atoms with Crippen LogP contribution in [0.25, 0.3) is 0 Å². The lowest BCUT2D eigenvalue weighted by Gasteiger charge is -2.33. The van der Waals surface area contributed by atoms with Crippen molar-refractivity contribution in [2.24, 2.45) is 23.7 Å². The Morgan fingerprint density at radius 1 is 1.12 bits per heavy atom. The van der Waals surface area contributed by atoms with Gasteiger partial charge in [-0.3, -0.25) is 4.79 Å². The van der Waals surface area contributed by atoms with Gasteiger partial charge in [0.25, 0.3) is 0 Å². The summed E-state index contributed by atoms with van der Waals surface area (Å²) in [6.45, 7) is 0. The van der Waals surface area contributed by atoms with Crippen LogP contribution in [0.5, 0.6) is 0 Å². The summed E-state index contributed by atoms with van der Waals surface area (Å²) in [5.74, 6) is -12.1. The average Bonchev–Trinajstić information content (AvgIpc) is 2.73. The fraction of sp³-hybridized carbons (Fsp3) is 0.700. The van der Waals surface area contributed by atoms with Gasteiger partial charge >= 0.3 is 18.1 Å². The van der Waals surface area contributed by atoms with E-state index < -0.39 is 41.7 Å². The second-order valence-corrected chi connectivity index (χ2v) is 4.46. The summed E-state index contributed by atoms with van der Waals surface area (Å²) < 4.78 is 63.4. The van der Waals surface area contributed by atoms with Crippen LogP contribution in [-0.2, 0) is 4.79 Å². The Bertz CT molecular complexity index is 373. The molecule has 0 aliphatic heterocycles. The molecular formula is C10H9F5O2. The van der Waals surface area contributed by atoms with E-state index in [4.69, 9.17) is 5.11 Å². The highest BCUT2D eigenvalue weighted by atomic mass is 19.4. The average molecular weight is 256 g/mol. The molecule has 0 amide bonds. The Kier molecular flexibility index (Phi) is 2.48. The van der Waals surface area contributed by atoms with Crippen molar-refractivity contribution < 1.29 is 31.9 Å². The largest absolute Gasteiger partial charge is 0.481 e. The van der Waals surface area contributed by atoms with Crippen molar-refractivity contribution in [2.45, 2.75) is 18.5 Å². The van der Waals surface area contributed by atoms with Crippen molar-refractivity contribution in [3.05, 3.63) is 12.2 Å². The Morgan fingerprint density at radius 2 is 1.65 bits per heavy atom. The molecule has 7 heteroatoms. The molecule has 1 fully saturated rings. The monoisotopic (exact) mass is 256 g/mol. The number of carbonyl (C=O) groups is 1. The lowest BCUT2D eigenvalue weighted by Crippen LogP contribution is -2.49. The predicted octanol–water partition coefficient (Wildman–Crippen LogP) is 2.71. The molecule has 4 atom stereocenters. The lowest BCUT2D eigenvalue weighted by molar-refractivity contribution is -0.309. The first-order valence-electron chi connectivity index (χ1n) is 5.02. The van der Waals surface area contributed by atoms with Crippen molar-refractivity contribution in [2.75, 3.05) is 0 Å². The number of allylic oxidation sites excluding steroid dienone is 2. The van der Waals surface area contributed by atoms with Gasteiger partial charge in [0.1, 0.15) is 0 Å². The lowest BCUT2D eigenvalue weighted by atomic mass is 9.78. The number of hydrogen-bond donors (Lipinski definition) is 1. The zero-order valence-electron chi connectivity index (χ0n) is 8.42. The molecule has 1 N–H and O–H groups in total. The minimum atomic E-state index is -5.70. The van der Waals surface area contributed by atoms with Gasteiger partial charge in [-0.2, -0.15) is 22.0 Å². The van der Waals surface area contributed by atoms with E-state index in [0.717, 1.165) is 0 Å². The van der Waals surface area contributed by atoms with E-state index in [1.165, 1.54) is 12.2 Å². The summed E-state index contributed by atoms with van der Waals surface area (Å²) in [7, 11) is 0. The Hall–Kier alpha value is -1.14. The molecule has 2 rings (SSSR count). The number of aliphatic carboxylic acids is 1. The maximum Gasteiger partial charge on any atom is 0.453 e. The number of fused-ring (bicyclic) bond motifs is 2. The molecule has 96 valence electrons. The summed E-state index contributed by atoms with van der Waals surface area (Å²) in [5, 5.41) is 8.80. The van der Waals surface area contributed by atoms with Crippen molar-refractivity contribution in [3.63, 3.8) is 0 Å². The maximum atomic E-state index is 13.3. The number of carboxylic acid groups (broad SMARTS) is 1. The van der Waals surface area contributed by atoms with E-state index in [1.54, 1.807) is 0 Å². The van der Waals surface area contributed by atoms with Gasteiger partial charge in [0.05, 0.1) is 11.8 Å². The molecule has 2 aliphatic rings. The minimum Gasteiger partial charge on any atom is -0.481 e. The van der Waals surface area contributed by atoms with E-state index in [9.17, 15) is 26.7 Å². The quantitative estimate of drug-likeness (QED) is 0.609. The molecule has 2 bridgehead atoms. The maximum absolute atomic E-state index is 13.3. The molecule has 1 saturated carbocycles. The Balaban J connectivity index is 2.38. The van der Waals surface area contributed by atoms with Gasteiger partial charge < -0.3 is 5.11 Å². The number of rotatable bonds is 2. The minimum absolute atomic E-state index is 0.0628. The molecule has 2 nitrogen and oxygen atoms in total. The summed E-state index contributed by atoms with van der Waals surface area (Å²) >= 11 is 0. The van der Waals surface area contributed by atoms with Crippen LogP contribution in [0.15, 0.2) is 12.2 Å². The number of halogens is 5. The summed E-state index contributed by atoms with van der Waals surface area (Å²) in [4.78, 5) is 10.8. The topological polar surface area (TPSA) is 37.3 Å². The highest BCUT2D eigenvalue weighted by Gasteiger charge is 2.69. The van der Waals surface area contributed by atoms with Crippen molar-refractivity contribution in [3.8, 4) is 0 Å². The number of carboxylic acids is 1. The molecule has 0 aromatic heterocycles. The standard InChI is InChI=1S/C10H9F5O2/c11-9(12,10(13,14)15)7-5-2-1-4(3-5)6(7)8(16)17/h1-2,4-7H,3H2,(H,16,17)/t4-,5+,6-,7-/m1/s1. The van der Waals surface area contributed by atoms with Gasteiger partial charge in [-0.1, -0.05) is 12.2 Å². The van der Waals surface area contributed by atoms with Crippen LogP contribution in [0.4, 0.5) is 22.0 Å². The molecule has 0 heterocycles. The van der Waals surface area contributed by atoms with Crippen LogP contribution in [-0.4, -0.2) is 23.2 Å². The third-order valence-corrected chi connectivity index (χ3v) is 3.54. The van der Waals surface area contributed by atoms with E-state index >= 15 is 0 Å².